The molecule has 126 valence electrons. The summed E-state index contributed by atoms with van der Waals surface area (Å²) < 4.78 is 5.63. The van der Waals surface area contributed by atoms with Crippen molar-refractivity contribution in [1.29, 1.82) is 0 Å². The number of anilines is 1. The largest absolute Gasteiger partial charge is 0.490 e. The van der Waals surface area contributed by atoms with Crippen molar-refractivity contribution in [3.8, 4) is 5.75 Å². The maximum Gasteiger partial charge on any atom is 0.307 e. The van der Waals surface area contributed by atoms with Crippen molar-refractivity contribution in [3.63, 3.8) is 0 Å². The van der Waals surface area contributed by atoms with Crippen LogP contribution >= 0.6 is 0 Å². The van der Waals surface area contributed by atoms with Gasteiger partial charge in [-0.3, -0.25) is 9.69 Å². The molecule has 0 aliphatic carbocycles. The Morgan fingerprint density at radius 1 is 1.52 bits per heavy atom. The fourth-order valence-corrected chi connectivity index (χ4v) is 3.66. The number of fused-ring (bicyclic) bond motifs is 1. The van der Waals surface area contributed by atoms with Gasteiger partial charge in [0.2, 0.25) is 0 Å². The highest BCUT2D eigenvalue weighted by Crippen LogP contribution is 2.29. The van der Waals surface area contributed by atoms with Crippen molar-refractivity contribution in [1.82, 2.24) is 4.90 Å². The number of hydrogen-bond donors (Lipinski definition) is 2. The van der Waals surface area contributed by atoms with Crippen LogP contribution in [0.5, 0.6) is 5.75 Å². The first-order chi connectivity index (χ1) is 11.2. The standard InChI is InChI=1S/C18H26N2O3/c1-2-15(20-8-3-4-14(12-20)18(21)22)10-13-5-6-17-16(11-13)19-7-9-23-17/h5-6,11,14-15,19H,2-4,7-10,12H2,1H3,(H,21,22). The molecule has 2 aliphatic rings. The average Bonchev–Trinajstić information content (AvgIpc) is 2.59. The predicted molar refractivity (Wildman–Crippen MR) is 90.1 cm³/mol. The van der Waals surface area contributed by atoms with E-state index in [0.29, 0.717) is 19.2 Å². The molecule has 0 aromatic heterocycles. The van der Waals surface area contributed by atoms with Gasteiger partial charge in [-0.1, -0.05) is 13.0 Å². The van der Waals surface area contributed by atoms with Crippen LogP contribution in [0.25, 0.3) is 0 Å². The maximum absolute atomic E-state index is 11.3. The third-order valence-corrected chi connectivity index (χ3v) is 4.98. The van der Waals surface area contributed by atoms with E-state index in [1.807, 2.05) is 6.07 Å². The fraction of sp³-hybridized carbons (Fsp3) is 0.611. The van der Waals surface area contributed by atoms with Gasteiger partial charge in [-0.05, 0) is 49.9 Å². The zero-order chi connectivity index (χ0) is 16.2. The molecule has 3 rings (SSSR count). The number of rotatable bonds is 5. The molecule has 1 aromatic rings. The zero-order valence-corrected chi connectivity index (χ0v) is 13.8. The molecule has 0 saturated carbocycles. The van der Waals surface area contributed by atoms with Crippen LogP contribution in [0.2, 0.25) is 0 Å². The summed E-state index contributed by atoms with van der Waals surface area (Å²) in [6.45, 7) is 5.44. The summed E-state index contributed by atoms with van der Waals surface area (Å²) in [6.07, 6.45) is 3.78. The predicted octanol–water partition coefficient (Wildman–Crippen LogP) is 2.61. The Balaban J connectivity index is 1.68. The molecule has 2 N–H and O–H groups in total. The zero-order valence-electron chi connectivity index (χ0n) is 13.8. The van der Waals surface area contributed by atoms with Crippen LogP contribution in [0, 0.1) is 5.92 Å². The first-order valence-corrected chi connectivity index (χ1v) is 8.64. The van der Waals surface area contributed by atoms with E-state index < -0.39 is 5.97 Å². The number of carboxylic acid groups (broad SMARTS) is 1. The second kappa shape index (κ2) is 7.21. The van der Waals surface area contributed by atoms with Gasteiger partial charge in [0.1, 0.15) is 12.4 Å². The molecule has 0 spiro atoms. The minimum Gasteiger partial charge on any atom is -0.490 e. The SMILES string of the molecule is CCC(Cc1ccc2c(c1)NCCO2)N1CCCC(C(=O)O)C1. The van der Waals surface area contributed by atoms with Crippen molar-refractivity contribution in [2.45, 2.75) is 38.6 Å². The number of nitrogens with one attached hydrogen (secondary N) is 1. The first-order valence-electron chi connectivity index (χ1n) is 8.64. The smallest absolute Gasteiger partial charge is 0.307 e. The Morgan fingerprint density at radius 2 is 2.39 bits per heavy atom. The lowest BCUT2D eigenvalue weighted by atomic mass is 9.94. The Bertz CT molecular complexity index is 561. The third-order valence-electron chi connectivity index (χ3n) is 4.98. The summed E-state index contributed by atoms with van der Waals surface area (Å²) in [7, 11) is 0. The molecular formula is C18H26N2O3. The lowest BCUT2D eigenvalue weighted by Gasteiger charge is -2.37. The average molecular weight is 318 g/mol. The molecule has 2 unspecified atom stereocenters. The molecule has 5 nitrogen and oxygen atoms in total. The molecule has 1 saturated heterocycles. The number of likely N-dealkylation sites (tertiary alicyclic amines) is 1. The molecule has 0 bridgehead atoms. The van der Waals surface area contributed by atoms with E-state index in [0.717, 1.165) is 50.2 Å². The summed E-state index contributed by atoms with van der Waals surface area (Å²) in [5.74, 6) is 0.0630. The van der Waals surface area contributed by atoms with E-state index in [-0.39, 0.29) is 5.92 Å². The molecule has 23 heavy (non-hydrogen) atoms. The normalized spacial score (nSPS) is 22.6. The summed E-state index contributed by atoms with van der Waals surface area (Å²) >= 11 is 0. The molecule has 2 heterocycles. The summed E-state index contributed by atoms with van der Waals surface area (Å²) in [6, 6.07) is 6.75. The van der Waals surface area contributed by atoms with Crippen molar-refractivity contribution in [2.75, 3.05) is 31.6 Å². The van der Waals surface area contributed by atoms with Crippen molar-refractivity contribution < 1.29 is 14.6 Å². The monoisotopic (exact) mass is 318 g/mol. The van der Waals surface area contributed by atoms with Gasteiger partial charge in [-0.15, -0.1) is 0 Å². The Labute approximate surface area is 137 Å². The molecule has 0 radical (unpaired) electrons. The van der Waals surface area contributed by atoms with Crippen LogP contribution < -0.4 is 10.1 Å². The van der Waals surface area contributed by atoms with E-state index in [1.54, 1.807) is 0 Å². The fourth-order valence-electron chi connectivity index (χ4n) is 3.66. The number of aliphatic carboxylic acids is 1. The maximum atomic E-state index is 11.3. The van der Waals surface area contributed by atoms with Gasteiger partial charge in [0.25, 0.3) is 0 Å². The molecule has 1 fully saturated rings. The van der Waals surface area contributed by atoms with Crippen LogP contribution in [-0.2, 0) is 11.2 Å². The highest BCUT2D eigenvalue weighted by Gasteiger charge is 2.29. The number of nitrogens with zero attached hydrogens (tertiary/aromatic N) is 1. The Hall–Kier alpha value is -1.75. The number of hydrogen-bond acceptors (Lipinski definition) is 4. The first kappa shape index (κ1) is 16.1. The van der Waals surface area contributed by atoms with Crippen molar-refractivity contribution in [3.05, 3.63) is 23.8 Å². The molecule has 2 atom stereocenters. The minimum absolute atomic E-state index is 0.212. The van der Waals surface area contributed by atoms with Gasteiger partial charge in [-0.25, -0.2) is 0 Å². The lowest BCUT2D eigenvalue weighted by molar-refractivity contribution is -0.143. The summed E-state index contributed by atoms with van der Waals surface area (Å²) in [5, 5.41) is 12.7. The number of ether oxygens (including phenoxy) is 1. The minimum atomic E-state index is -0.653. The van der Waals surface area contributed by atoms with E-state index in [4.69, 9.17) is 4.74 Å². The van der Waals surface area contributed by atoms with Crippen LogP contribution in [-0.4, -0.2) is 48.3 Å². The van der Waals surface area contributed by atoms with Crippen LogP contribution in [0.1, 0.15) is 31.7 Å². The van der Waals surface area contributed by atoms with Crippen molar-refractivity contribution in [2.24, 2.45) is 5.92 Å². The van der Waals surface area contributed by atoms with Gasteiger partial charge in [-0.2, -0.15) is 0 Å². The molecule has 2 aliphatic heterocycles. The molecule has 1 aromatic carbocycles. The van der Waals surface area contributed by atoms with Crippen LogP contribution in [0.15, 0.2) is 18.2 Å². The van der Waals surface area contributed by atoms with Gasteiger partial charge in [0.05, 0.1) is 11.6 Å². The quantitative estimate of drug-likeness (QED) is 0.874. The van der Waals surface area contributed by atoms with Gasteiger partial charge < -0.3 is 15.2 Å². The second-order valence-corrected chi connectivity index (χ2v) is 6.54. The molecular weight excluding hydrogens is 292 g/mol. The third kappa shape index (κ3) is 3.78. The van der Waals surface area contributed by atoms with Gasteiger partial charge >= 0.3 is 5.97 Å². The van der Waals surface area contributed by atoms with E-state index in [1.165, 1.54) is 5.56 Å². The van der Waals surface area contributed by atoms with E-state index in [2.05, 4.69) is 29.3 Å². The van der Waals surface area contributed by atoms with Crippen molar-refractivity contribution >= 4 is 11.7 Å². The Kier molecular flexibility index (Phi) is 5.06. The Morgan fingerprint density at radius 3 is 3.17 bits per heavy atom. The number of carboxylic acids is 1. The molecule has 5 heteroatoms. The number of carbonyl (C=O) groups is 1. The second-order valence-electron chi connectivity index (χ2n) is 6.54. The van der Waals surface area contributed by atoms with E-state index >= 15 is 0 Å². The van der Waals surface area contributed by atoms with Crippen LogP contribution in [0.3, 0.4) is 0 Å². The summed E-state index contributed by atoms with van der Waals surface area (Å²) in [4.78, 5) is 13.6. The molecule has 0 amide bonds. The van der Waals surface area contributed by atoms with Crippen LogP contribution in [0.4, 0.5) is 5.69 Å². The lowest BCUT2D eigenvalue weighted by Crippen LogP contribution is -2.45. The topological polar surface area (TPSA) is 61.8 Å². The van der Waals surface area contributed by atoms with Gasteiger partial charge in [0, 0.05) is 19.1 Å². The number of benzene rings is 1. The van der Waals surface area contributed by atoms with E-state index in [9.17, 15) is 9.90 Å². The highest BCUT2D eigenvalue weighted by molar-refractivity contribution is 5.70. The number of piperidine rings is 1. The summed E-state index contributed by atoms with van der Waals surface area (Å²) in [5.41, 5.74) is 2.36. The highest BCUT2D eigenvalue weighted by atomic mass is 16.5. The van der Waals surface area contributed by atoms with Gasteiger partial charge in [0.15, 0.2) is 0 Å².